The van der Waals surface area contributed by atoms with Gasteiger partial charge in [0.15, 0.2) is 0 Å². The number of rotatable bonds is 2. The van der Waals surface area contributed by atoms with E-state index in [1.807, 2.05) is 0 Å². The first kappa shape index (κ1) is 10.7. The molecule has 0 spiro atoms. The Bertz CT molecular complexity index is 320. The Morgan fingerprint density at radius 1 is 1.21 bits per heavy atom. The van der Waals surface area contributed by atoms with Crippen molar-refractivity contribution in [3.8, 4) is 11.5 Å². The zero-order valence-corrected chi connectivity index (χ0v) is 7.68. The molecule has 78 valence electrons. The van der Waals surface area contributed by atoms with Gasteiger partial charge in [0.05, 0.1) is 7.11 Å². The summed E-state index contributed by atoms with van der Waals surface area (Å²) in [4.78, 5) is 0. The van der Waals surface area contributed by atoms with E-state index in [4.69, 9.17) is 4.74 Å². The predicted molar refractivity (Wildman–Crippen MR) is 44.4 cm³/mol. The predicted octanol–water partition coefficient (Wildman–Crippen LogP) is 2.90. The zero-order valence-electron chi connectivity index (χ0n) is 7.68. The lowest BCUT2D eigenvalue weighted by Gasteiger charge is -2.12. The standard InChI is InChI=1S/C9H9F3O2/c1-6-3-4-7(13-2)5-8(6)14-9(10,11)12/h3-5H,1-2H3. The lowest BCUT2D eigenvalue weighted by Crippen LogP contribution is -2.17. The van der Waals surface area contributed by atoms with Crippen LogP contribution in [0.2, 0.25) is 0 Å². The number of ether oxygens (including phenoxy) is 2. The van der Waals surface area contributed by atoms with Gasteiger partial charge >= 0.3 is 6.36 Å². The number of methoxy groups -OCH3 is 1. The molecule has 0 aliphatic rings. The van der Waals surface area contributed by atoms with Crippen LogP contribution in [0.25, 0.3) is 0 Å². The highest BCUT2D eigenvalue weighted by atomic mass is 19.4. The summed E-state index contributed by atoms with van der Waals surface area (Å²) in [6.07, 6.45) is -4.67. The summed E-state index contributed by atoms with van der Waals surface area (Å²) in [6, 6.07) is 4.27. The van der Waals surface area contributed by atoms with Gasteiger partial charge in [-0.3, -0.25) is 0 Å². The average Bonchev–Trinajstić information content (AvgIpc) is 2.06. The van der Waals surface area contributed by atoms with Crippen molar-refractivity contribution < 1.29 is 22.6 Å². The molecule has 14 heavy (non-hydrogen) atoms. The lowest BCUT2D eigenvalue weighted by molar-refractivity contribution is -0.274. The maximum atomic E-state index is 11.9. The van der Waals surface area contributed by atoms with Gasteiger partial charge in [-0.25, -0.2) is 0 Å². The molecule has 1 aromatic rings. The first-order chi connectivity index (χ1) is 6.42. The fraction of sp³-hybridized carbons (Fsp3) is 0.333. The van der Waals surface area contributed by atoms with Gasteiger partial charge in [0, 0.05) is 6.07 Å². The number of aryl methyl sites for hydroxylation is 1. The molecule has 0 atom stereocenters. The number of halogens is 3. The fourth-order valence-corrected chi connectivity index (χ4v) is 0.942. The Morgan fingerprint density at radius 3 is 2.36 bits per heavy atom. The van der Waals surface area contributed by atoms with Crippen LogP contribution in [0.15, 0.2) is 18.2 Å². The molecule has 0 N–H and O–H groups in total. The summed E-state index contributed by atoms with van der Waals surface area (Å²) < 4.78 is 44.3. The minimum Gasteiger partial charge on any atom is -0.497 e. The highest BCUT2D eigenvalue weighted by molar-refractivity contribution is 5.39. The topological polar surface area (TPSA) is 18.5 Å². The molecule has 0 fully saturated rings. The molecule has 0 saturated heterocycles. The van der Waals surface area contributed by atoms with Crippen LogP contribution in [0.3, 0.4) is 0 Å². The van der Waals surface area contributed by atoms with Gasteiger partial charge in [0.25, 0.3) is 0 Å². The minimum absolute atomic E-state index is 0.239. The van der Waals surface area contributed by atoms with Crippen molar-refractivity contribution in [1.29, 1.82) is 0 Å². The van der Waals surface area contributed by atoms with Crippen LogP contribution in [-0.2, 0) is 0 Å². The summed E-state index contributed by atoms with van der Waals surface area (Å²) in [5.74, 6) is 0.0895. The molecule has 5 heteroatoms. The lowest BCUT2D eigenvalue weighted by atomic mass is 10.2. The van der Waals surface area contributed by atoms with E-state index in [2.05, 4.69) is 4.74 Å². The Balaban J connectivity index is 2.95. The first-order valence-corrected chi connectivity index (χ1v) is 3.83. The van der Waals surface area contributed by atoms with Crippen molar-refractivity contribution >= 4 is 0 Å². The van der Waals surface area contributed by atoms with Gasteiger partial charge in [-0.15, -0.1) is 13.2 Å². The molecular formula is C9H9F3O2. The molecule has 0 amide bonds. The SMILES string of the molecule is COc1ccc(C)c(OC(F)(F)F)c1. The van der Waals surface area contributed by atoms with E-state index in [9.17, 15) is 13.2 Å². The second kappa shape index (κ2) is 3.77. The van der Waals surface area contributed by atoms with E-state index >= 15 is 0 Å². The molecule has 0 aliphatic heterocycles. The highest BCUT2D eigenvalue weighted by Crippen LogP contribution is 2.29. The molecule has 0 aromatic heterocycles. The van der Waals surface area contributed by atoms with Crippen molar-refractivity contribution in [2.45, 2.75) is 13.3 Å². The molecule has 1 aromatic carbocycles. The second-order valence-electron chi connectivity index (χ2n) is 2.68. The number of benzene rings is 1. The largest absolute Gasteiger partial charge is 0.573 e. The van der Waals surface area contributed by atoms with Crippen molar-refractivity contribution in [2.24, 2.45) is 0 Å². The summed E-state index contributed by atoms with van der Waals surface area (Å²) in [6.45, 7) is 1.53. The molecule has 1 rings (SSSR count). The monoisotopic (exact) mass is 206 g/mol. The summed E-state index contributed by atoms with van der Waals surface area (Å²) >= 11 is 0. The van der Waals surface area contributed by atoms with Gasteiger partial charge in [0.2, 0.25) is 0 Å². The van der Waals surface area contributed by atoms with Gasteiger partial charge < -0.3 is 9.47 Å². The highest BCUT2D eigenvalue weighted by Gasteiger charge is 2.31. The molecule has 2 nitrogen and oxygen atoms in total. The number of alkyl halides is 3. The third kappa shape index (κ3) is 2.83. The maximum Gasteiger partial charge on any atom is 0.573 e. The summed E-state index contributed by atoms with van der Waals surface area (Å²) in [5.41, 5.74) is 0.406. The molecule has 0 saturated carbocycles. The van der Waals surface area contributed by atoms with E-state index in [0.29, 0.717) is 11.3 Å². The third-order valence-electron chi connectivity index (χ3n) is 1.62. The molecular weight excluding hydrogens is 197 g/mol. The third-order valence-corrected chi connectivity index (χ3v) is 1.62. The molecule has 0 radical (unpaired) electrons. The van der Waals surface area contributed by atoms with E-state index < -0.39 is 6.36 Å². The van der Waals surface area contributed by atoms with E-state index in [0.717, 1.165) is 0 Å². The quantitative estimate of drug-likeness (QED) is 0.740. The summed E-state index contributed by atoms with van der Waals surface area (Å²) in [5, 5.41) is 0. The molecule has 0 unspecified atom stereocenters. The van der Waals surface area contributed by atoms with Crippen LogP contribution >= 0.6 is 0 Å². The van der Waals surface area contributed by atoms with E-state index in [-0.39, 0.29) is 5.75 Å². The molecule has 0 heterocycles. The van der Waals surface area contributed by atoms with Gasteiger partial charge in [-0.05, 0) is 18.6 Å². The normalized spacial score (nSPS) is 11.2. The van der Waals surface area contributed by atoms with Crippen molar-refractivity contribution in [3.63, 3.8) is 0 Å². The van der Waals surface area contributed by atoms with Crippen molar-refractivity contribution in [3.05, 3.63) is 23.8 Å². The van der Waals surface area contributed by atoms with Crippen LogP contribution in [0, 0.1) is 6.92 Å². The number of hydrogen-bond acceptors (Lipinski definition) is 2. The summed E-state index contributed by atoms with van der Waals surface area (Å²) in [7, 11) is 1.38. The van der Waals surface area contributed by atoms with Crippen LogP contribution in [0.4, 0.5) is 13.2 Å². The Hall–Kier alpha value is -1.39. The molecule has 0 aliphatic carbocycles. The average molecular weight is 206 g/mol. The van der Waals surface area contributed by atoms with Crippen molar-refractivity contribution in [1.82, 2.24) is 0 Å². The van der Waals surface area contributed by atoms with Gasteiger partial charge in [-0.1, -0.05) is 6.07 Å². The molecule has 0 bridgehead atoms. The van der Waals surface area contributed by atoms with Crippen LogP contribution in [0.5, 0.6) is 11.5 Å². The van der Waals surface area contributed by atoms with Gasteiger partial charge in [0.1, 0.15) is 11.5 Å². The zero-order chi connectivity index (χ0) is 10.8. The van der Waals surface area contributed by atoms with Crippen LogP contribution in [0.1, 0.15) is 5.56 Å². The van der Waals surface area contributed by atoms with E-state index in [1.165, 1.54) is 26.2 Å². The second-order valence-corrected chi connectivity index (χ2v) is 2.68. The Kier molecular flexibility index (Phi) is 2.88. The van der Waals surface area contributed by atoms with E-state index in [1.54, 1.807) is 6.07 Å². The smallest absolute Gasteiger partial charge is 0.497 e. The first-order valence-electron chi connectivity index (χ1n) is 3.83. The van der Waals surface area contributed by atoms with Crippen molar-refractivity contribution in [2.75, 3.05) is 7.11 Å². The fourth-order valence-electron chi connectivity index (χ4n) is 0.942. The minimum atomic E-state index is -4.67. The van der Waals surface area contributed by atoms with Crippen LogP contribution < -0.4 is 9.47 Å². The number of hydrogen-bond donors (Lipinski definition) is 0. The van der Waals surface area contributed by atoms with Crippen LogP contribution in [-0.4, -0.2) is 13.5 Å². The maximum absolute atomic E-state index is 11.9. The Morgan fingerprint density at radius 2 is 1.86 bits per heavy atom. The Labute approximate surface area is 79.2 Å². The van der Waals surface area contributed by atoms with Gasteiger partial charge in [-0.2, -0.15) is 0 Å².